The Kier molecular flexibility index (Phi) is 8.64. The standard InChI is InChI=1S/C25H36N4O3S/c1-19-14-20(2)25(21(3)15-19)33(31,32)27-9-8-24(30)26-17-22-6-5-7-23(16-22)18-29-12-10-28(4)11-13-29/h5-7,14-16,27H,8-13,17-18H2,1-4H3,(H,26,30). The number of hydrogen-bond donors (Lipinski definition) is 2. The molecule has 180 valence electrons. The fraction of sp³-hybridized carbons (Fsp3) is 0.480. The monoisotopic (exact) mass is 472 g/mol. The Morgan fingerprint density at radius 1 is 0.970 bits per heavy atom. The van der Waals surface area contributed by atoms with Gasteiger partial charge in [-0.15, -0.1) is 0 Å². The molecule has 0 unspecified atom stereocenters. The van der Waals surface area contributed by atoms with Gasteiger partial charge in [-0.3, -0.25) is 9.69 Å². The van der Waals surface area contributed by atoms with Crippen molar-refractivity contribution >= 4 is 15.9 Å². The summed E-state index contributed by atoms with van der Waals surface area (Å²) in [6.45, 7) is 11.2. The van der Waals surface area contributed by atoms with Crippen LogP contribution in [0.15, 0.2) is 41.3 Å². The van der Waals surface area contributed by atoms with Gasteiger partial charge in [0.1, 0.15) is 0 Å². The number of benzene rings is 2. The molecule has 7 nitrogen and oxygen atoms in total. The maximum Gasteiger partial charge on any atom is 0.241 e. The van der Waals surface area contributed by atoms with E-state index in [9.17, 15) is 13.2 Å². The van der Waals surface area contributed by atoms with Crippen molar-refractivity contribution in [2.24, 2.45) is 0 Å². The molecule has 0 aliphatic carbocycles. The predicted octanol–water partition coefficient (Wildman–Crippen LogP) is 2.34. The lowest BCUT2D eigenvalue weighted by Crippen LogP contribution is -2.43. The zero-order valence-corrected chi connectivity index (χ0v) is 21.0. The summed E-state index contributed by atoms with van der Waals surface area (Å²) >= 11 is 0. The number of sulfonamides is 1. The second kappa shape index (κ2) is 11.2. The number of carbonyl (C=O) groups excluding carboxylic acids is 1. The molecule has 8 heteroatoms. The van der Waals surface area contributed by atoms with E-state index in [1.165, 1.54) is 5.56 Å². The largest absolute Gasteiger partial charge is 0.352 e. The van der Waals surface area contributed by atoms with Gasteiger partial charge in [-0.25, -0.2) is 13.1 Å². The van der Waals surface area contributed by atoms with Gasteiger partial charge in [0.2, 0.25) is 15.9 Å². The van der Waals surface area contributed by atoms with Gasteiger partial charge in [0.05, 0.1) is 4.90 Å². The van der Waals surface area contributed by atoms with Crippen LogP contribution >= 0.6 is 0 Å². The van der Waals surface area contributed by atoms with Gasteiger partial charge < -0.3 is 10.2 Å². The summed E-state index contributed by atoms with van der Waals surface area (Å²) in [7, 11) is -1.51. The summed E-state index contributed by atoms with van der Waals surface area (Å²) in [4.78, 5) is 17.4. The highest BCUT2D eigenvalue weighted by Gasteiger charge is 2.20. The molecule has 2 N–H and O–H groups in total. The number of nitrogens with zero attached hydrogens (tertiary/aromatic N) is 2. The van der Waals surface area contributed by atoms with Gasteiger partial charge in [0.25, 0.3) is 0 Å². The maximum absolute atomic E-state index is 12.7. The van der Waals surface area contributed by atoms with Crippen molar-refractivity contribution < 1.29 is 13.2 Å². The molecular formula is C25H36N4O3S. The van der Waals surface area contributed by atoms with E-state index in [4.69, 9.17) is 0 Å². The summed E-state index contributed by atoms with van der Waals surface area (Å²) in [6, 6.07) is 12.0. The highest BCUT2D eigenvalue weighted by atomic mass is 32.2. The van der Waals surface area contributed by atoms with E-state index in [2.05, 4.69) is 39.0 Å². The Bertz CT molecular complexity index is 1050. The lowest BCUT2D eigenvalue weighted by molar-refractivity contribution is -0.121. The zero-order chi connectivity index (χ0) is 24.0. The van der Waals surface area contributed by atoms with E-state index in [0.29, 0.717) is 22.6 Å². The van der Waals surface area contributed by atoms with Crippen molar-refractivity contribution in [3.05, 3.63) is 64.2 Å². The van der Waals surface area contributed by atoms with Crippen molar-refractivity contribution in [2.45, 2.75) is 45.2 Å². The molecule has 2 aromatic rings. The molecule has 0 radical (unpaired) electrons. The smallest absolute Gasteiger partial charge is 0.241 e. The van der Waals surface area contributed by atoms with Crippen LogP contribution in [0.4, 0.5) is 0 Å². The average molecular weight is 473 g/mol. The maximum atomic E-state index is 12.7. The van der Waals surface area contributed by atoms with E-state index in [1.807, 2.05) is 31.2 Å². The molecule has 33 heavy (non-hydrogen) atoms. The van der Waals surface area contributed by atoms with E-state index >= 15 is 0 Å². The molecule has 0 bridgehead atoms. The Morgan fingerprint density at radius 2 is 1.61 bits per heavy atom. The molecule has 2 aromatic carbocycles. The molecule has 1 saturated heterocycles. The van der Waals surface area contributed by atoms with Gasteiger partial charge in [-0.05, 0) is 50.1 Å². The molecule has 0 spiro atoms. The summed E-state index contributed by atoms with van der Waals surface area (Å²) in [5.74, 6) is -0.181. The Balaban J connectivity index is 1.46. The molecule has 1 amide bonds. The molecule has 0 atom stereocenters. The van der Waals surface area contributed by atoms with Crippen LogP contribution in [0.25, 0.3) is 0 Å². The van der Waals surface area contributed by atoms with Gasteiger partial charge in [-0.1, -0.05) is 42.0 Å². The second-order valence-corrected chi connectivity index (χ2v) is 10.8. The number of aryl methyl sites for hydroxylation is 3. The number of carbonyl (C=O) groups is 1. The molecule has 1 aliphatic rings. The van der Waals surface area contributed by atoms with Crippen LogP contribution in [0.5, 0.6) is 0 Å². The highest BCUT2D eigenvalue weighted by molar-refractivity contribution is 7.89. The molecule has 0 saturated carbocycles. The molecule has 1 aliphatic heterocycles. The molecule has 1 fully saturated rings. The number of nitrogens with one attached hydrogen (secondary N) is 2. The molecule has 0 aromatic heterocycles. The topological polar surface area (TPSA) is 81.7 Å². The first-order valence-corrected chi connectivity index (χ1v) is 13.0. The average Bonchev–Trinajstić information content (AvgIpc) is 2.73. The van der Waals surface area contributed by atoms with E-state index in [0.717, 1.165) is 43.9 Å². The first kappa shape index (κ1) is 25.4. The minimum atomic E-state index is -3.66. The third kappa shape index (κ3) is 7.37. The SMILES string of the molecule is Cc1cc(C)c(S(=O)(=O)NCCC(=O)NCc2cccc(CN3CCN(C)CC3)c2)c(C)c1. The van der Waals surface area contributed by atoms with Crippen LogP contribution in [0.2, 0.25) is 0 Å². The number of likely N-dealkylation sites (N-methyl/N-ethyl adjacent to an activating group) is 1. The predicted molar refractivity (Wildman–Crippen MR) is 132 cm³/mol. The third-order valence-corrected chi connectivity index (χ3v) is 7.77. The number of hydrogen-bond acceptors (Lipinski definition) is 5. The first-order chi connectivity index (χ1) is 15.6. The van der Waals surface area contributed by atoms with Crippen LogP contribution in [0, 0.1) is 20.8 Å². The van der Waals surface area contributed by atoms with Crippen molar-refractivity contribution in [3.63, 3.8) is 0 Å². The van der Waals surface area contributed by atoms with Crippen LogP contribution in [0.3, 0.4) is 0 Å². The zero-order valence-electron chi connectivity index (χ0n) is 20.1. The normalized spacial score (nSPS) is 15.5. The fourth-order valence-corrected chi connectivity index (χ4v) is 5.83. The van der Waals surface area contributed by atoms with Crippen molar-refractivity contribution in [1.29, 1.82) is 0 Å². The number of piperazine rings is 1. The highest BCUT2D eigenvalue weighted by Crippen LogP contribution is 2.21. The van der Waals surface area contributed by atoms with E-state index < -0.39 is 10.0 Å². The number of amides is 1. The fourth-order valence-electron chi connectivity index (χ4n) is 4.35. The van der Waals surface area contributed by atoms with Gasteiger partial charge >= 0.3 is 0 Å². The lowest BCUT2D eigenvalue weighted by Gasteiger charge is -2.32. The Labute approximate surface area is 198 Å². The van der Waals surface area contributed by atoms with Gasteiger partial charge in [0, 0.05) is 52.2 Å². The second-order valence-electron chi connectivity index (χ2n) is 9.05. The van der Waals surface area contributed by atoms with Crippen LogP contribution in [0.1, 0.15) is 34.2 Å². The Morgan fingerprint density at radius 3 is 2.27 bits per heavy atom. The number of rotatable bonds is 9. The van der Waals surface area contributed by atoms with Crippen LogP contribution < -0.4 is 10.0 Å². The van der Waals surface area contributed by atoms with Gasteiger partial charge in [-0.2, -0.15) is 0 Å². The molecule has 1 heterocycles. The Hall–Kier alpha value is -2.26. The minimum Gasteiger partial charge on any atom is -0.352 e. The summed E-state index contributed by atoms with van der Waals surface area (Å²) in [6.07, 6.45) is 0.0875. The van der Waals surface area contributed by atoms with E-state index in [1.54, 1.807) is 13.8 Å². The summed E-state index contributed by atoms with van der Waals surface area (Å²) < 4.78 is 28.0. The third-order valence-electron chi connectivity index (χ3n) is 6.00. The van der Waals surface area contributed by atoms with Gasteiger partial charge in [0.15, 0.2) is 0 Å². The lowest BCUT2D eigenvalue weighted by atomic mass is 10.1. The summed E-state index contributed by atoms with van der Waals surface area (Å²) in [5.41, 5.74) is 4.72. The molecular weight excluding hydrogens is 436 g/mol. The van der Waals surface area contributed by atoms with E-state index in [-0.39, 0.29) is 18.9 Å². The van der Waals surface area contributed by atoms with Crippen molar-refractivity contribution in [1.82, 2.24) is 19.8 Å². The van der Waals surface area contributed by atoms with Crippen molar-refractivity contribution in [3.8, 4) is 0 Å². The van der Waals surface area contributed by atoms with Crippen molar-refractivity contribution in [2.75, 3.05) is 39.8 Å². The summed E-state index contributed by atoms with van der Waals surface area (Å²) in [5, 5.41) is 2.90. The molecule has 3 rings (SSSR count). The quantitative estimate of drug-likeness (QED) is 0.586. The minimum absolute atomic E-state index is 0.0599. The van der Waals surface area contributed by atoms with Crippen LogP contribution in [-0.2, 0) is 27.9 Å². The van der Waals surface area contributed by atoms with Crippen LogP contribution in [-0.4, -0.2) is 63.9 Å². The first-order valence-electron chi connectivity index (χ1n) is 11.5.